The minimum Gasteiger partial charge on any atom is -0.228 e. The number of alkyl halides is 2. The minimum absolute atomic E-state index is 0.619. The van der Waals surface area contributed by atoms with Crippen LogP contribution >= 0.6 is 0 Å². The van der Waals surface area contributed by atoms with Crippen LogP contribution in [0.5, 0.6) is 0 Å². The smallest absolute Gasteiger partial charge is 0.228 e. The monoisotopic (exact) mass is 171 g/mol. The van der Waals surface area contributed by atoms with E-state index in [2.05, 4.69) is 5.14 Å². The molecule has 0 aromatic rings. The summed E-state index contributed by atoms with van der Waals surface area (Å²) in [4.78, 5) is 0. The fraction of sp³-hybridized carbons (Fsp3) is 1.00. The zero-order chi connectivity index (χ0) is 7.99. The van der Waals surface area contributed by atoms with Gasteiger partial charge in [0.1, 0.15) is 0 Å². The van der Waals surface area contributed by atoms with Gasteiger partial charge in [0.2, 0.25) is 10.0 Å². The Morgan fingerprint density at radius 2 is 1.80 bits per heavy atom. The van der Waals surface area contributed by atoms with Gasteiger partial charge < -0.3 is 0 Å². The molecule has 1 saturated carbocycles. The topological polar surface area (TPSA) is 60.2 Å². The third kappa shape index (κ3) is 1.43. The maximum Gasteiger partial charge on any atom is 0.250 e. The molecule has 10 heavy (non-hydrogen) atoms. The number of nitrogens with two attached hydrogens (primary N) is 1. The van der Waals surface area contributed by atoms with E-state index in [0.717, 1.165) is 0 Å². The maximum atomic E-state index is 12.0. The van der Waals surface area contributed by atoms with Gasteiger partial charge in [-0.15, -0.1) is 0 Å². The average molecular weight is 171 g/mol. The highest BCUT2D eigenvalue weighted by atomic mass is 32.2. The van der Waals surface area contributed by atoms with Crippen molar-refractivity contribution in [3.63, 3.8) is 0 Å². The zero-order valence-corrected chi connectivity index (χ0v) is 5.87. The standard InChI is InChI=1S/C4H7F2NO2S/c5-4(6)1-3(2-4)10(7,8)9/h3H,1-2H2,(H2,7,8,9). The van der Waals surface area contributed by atoms with Gasteiger partial charge >= 0.3 is 0 Å². The van der Waals surface area contributed by atoms with Gasteiger partial charge in [-0.3, -0.25) is 0 Å². The second-order valence-electron chi connectivity index (χ2n) is 2.48. The Labute approximate surface area is 57.3 Å². The van der Waals surface area contributed by atoms with Crippen molar-refractivity contribution < 1.29 is 17.2 Å². The lowest BCUT2D eigenvalue weighted by atomic mass is 9.94. The molecule has 0 bridgehead atoms. The van der Waals surface area contributed by atoms with E-state index in [1.807, 2.05) is 0 Å². The molecule has 0 amide bonds. The van der Waals surface area contributed by atoms with E-state index in [1.165, 1.54) is 0 Å². The van der Waals surface area contributed by atoms with Crippen LogP contribution in [-0.4, -0.2) is 19.6 Å². The summed E-state index contributed by atoms with van der Waals surface area (Å²) >= 11 is 0. The molecule has 6 heteroatoms. The molecule has 0 aliphatic heterocycles. The normalized spacial score (nSPS) is 25.9. The molecule has 0 aromatic heterocycles. The molecule has 1 fully saturated rings. The lowest BCUT2D eigenvalue weighted by Crippen LogP contribution is -2.47. The first-order valence-electron chi connectivity index (χ1n) is 2.71. The van der Waals surface area contributed by atoms with Gasteiger partial charge in [0.25, 0.3) is 5.92 Å². The Balaban J connectivity index is 2.57. The van der Waals surface area contributed by atoms with E-state index < -0.39 is 34.0 Å². The predicted octanol–water partition coefficient (Wildman–Crippen LogP) is 0.0726. The van der Waals surface area contributed by atoms with E-state index in [4.69, 9.17) is 0 Å². The van der Waals surface area contributed by atoms with Crippen molar-refractivity contribution in [2.24, 2.45) is 5.14 Å². The summed E-state index contributed by atoms with van der Waals surface area (Å²) in [5.41, 5.74) is 0. The van der Waals surface area contributed by atoms with Crippen LogP contribution in [0.25, 0.3) is 0 Å². The van der Waals surface area contributed by atoms with Crippen LogP contribution in [0.15, 0.2) is 0 Å². The second-order valence-corrected chi connectivity index (χ2v) is 4.32. The van der Waals surface area contributed by atoms with Crippen LogP contribution in [-0.2, 0) is 10.0 Å². The summed E-state index contributed by atoms with van der Waals surface area (Å²) in [6.45, 7) is 0. The van der Waals surface area contributed by atoms with Crippen LogP contribution in [0.2, 0.25) is 0 Å². The van der Waals surface area contributed by atoms with Gasteiger partial charge in [0.15, 0.2) is 0 Å². The maximum absolute atomic E-state index is 12.0. The lowest BCUT2D eigenvalue weighted by molar-refractivity contribution is -0.0685. The highest BCUT2D eigenvalue weighted by molar-refractivity contribution is 7.89. The number of hydrogen-bond acceptors (Lipinski definition) is 2. The zero-order valence-electron chi connectivity index (χ0n) is 5.05. The second kappa shape index (κ2) is 1.88. The van der Waals surface area contributed by atoms with Gasteiger partial charge in [0.05, 0.1) is 5.25 Å². The first-order chi connectivity index (χ1) is 4.31. The number of rotatable bonds is 1. The van der Waals surface area contributed by atoms with Crippen molar-refractivity contribution >= 4 is 10.0 Å². The van der Waals surface area contributed by atoms with Crippen molar-refractivity contribution in [1.29, 1.82) is 0 Å². The van der Waals surface area contributed by atoms with Crippen LogP contribution in [0.3, 0.4) is 0 Å². The summed E-state index contributed by atoms with van der Waals surface area (Å²) in [6.07, 6.45) is -1.24. The third-order valence-electron chi connectivity index (χ3n) is 1.52. The van der Waals surface area contributed by atoms with Gasteiger partial charge in [0, 0.05) is 12.8 Å². The molecule has 1 rings (SSSR count). The fourth-order valence-corrected chi connectivity index (χ4v) is 1.79. The molecule has 1 aliphatic rings. The SMILES string of the molecule is NS(=O)(=O)C1CC(F)(F)C1. The summed E-state index contributed by atoms with van der Waals surface area (Å²) in [6, 6.07) is 0. The van der Waals surface area contributed by atoms with E-state index in [0.29, 0.717) is 0 Å². The summed E-state index contributed by atoms with van der Waals surface area (Å²) < 4.78 is 44.7. The Bertz CT molecular complexity index is 228. The van der Waals surface area contributed by atoms with Gasteiger partial charge in [-0.2, -0.15) is 0 Å². The number of hydrogen-bond donors (Lipinski definition) is 1. The van der Waals surface area contributed by atoms with E-state index in [1.54, 1.807) is 0 Å². The van der Waals surface area contributed by atoms with E-state index in [-0.39, 0.29) is 0 Å². The van der Waals surface area contributed by atoms with Crippen LogP contribution in [0.1, 0.15) is 12.8 Å². The van der Waals surface area contributed by atoms with E-state index >= 15 is 0 Å². The number of primary sulfonamides is 1. The quantitative estimate of drug-likeness (QED) is 0.607. The molecule has 60 valence electrons. The van der Waals surface area contributed by atoms with Crippen molar-refractivity contribution in [3.8, 4) is 0 Å². The third-order valence-corrected chi connectivity index (χ3v) is 2.78. The van der Waals surface area contributed by atoms with Crippen molar-refractivity contribution in [3.05, 3.63) is 0 Å². The lowest BCUT2D eigenvalue weighted by Gasteiger charge is -2.32. The van der Waals surface area contributed by atoms with Gasteiger partial charge in [-0.25, -0.2) is 22.3 Å². The highest BCUT2D eigenvalue weighted by Gasteiger charge is 2.50. The molecule has 0 radical (unpaired) electrons. The predicted molar refractivity (Wildman–Crippen MR) is 31.1 cm³/mol. The van der Waals surface area contributed by atoms with Crippen LogP contribution in [0, 0.1) is 0 Å². The largest absolute Gasteiger partial charge is 0.250 e. The Kier molecular flexibility index (Phi) is 1.48. The molecule has 3 nitrogen and oxygen atoms in total. The molecule has 0 unspecified atom stereocenters. The van der Waals surface area contributed by atoms with Crippen molar-refractivity contribution in [2.45, 2.75) is 24.0 Å². The molecule has 1 aliphatic carbocycles. The van der Waals surface area contributed by atoms with Crippen LogP contribution in [0.4, 0.5) is 8.78 Å². The summed E-state index contributed by atoms with van der Waals surface area (Å²) in [7, 11) is -3.72. The van der Waals surface area contributed by atoms with Gasteiger partial charge in [-0.1, -0.05) is 0 Å². The molecular formula is C4H7F2NO2S. The highest BCUT2D eigenvalue weighted by Crippen LogP contribution is 2.40. The first-order valence-corrected chi connectivity index (χ1v) is 4.32. The molecule has 0 atom stereocenters. The molecule has 0 aromatic carbocycles. The molecule has 0 saturated heterocycles. The van der Waals surface area contributed by atoms with E-state index in [9.17, 15) is 17.2 Å². The Morgan fingerprint density at radius 3 is 1.90 bits per heavy atom. The average Bonchev–Trinajstić information content (AvgIpc) is 1.56. The summed E-state index contributed by atoms with van der Waals surface area (Å²) in [5, 5.41) is 3.58. The van der Waals surface area contributed by atoms with Crippen LogP contribution < -0.4 is 5.14 Å². The molecular weight excluding hydrogens is 164 g/mol. The first kappa shape index (κ1) is 7.87. The fourth-order valence-electron chi connectivity index (χ4n) is 0.839. The van der Waals surface area contributed by atoms with Gasteiger partial charge in [-0.05, 0) is 0 Å². The van der Waals surface area contributed by atoms with Crippen molar-refractivity contribution in [1.82, 2.24) is 0 Å². The Morgan fingerprint density at radius 1 is 1.40 bits per heavy atom. The number of sulfonamides is 1. The molecule has 0 spiro atoms. The Hall–Kier alpha value is -0.230. The molecule has 0 heterocycles. The van der Waals surface area contributed by atoms with Crippen molar-refractivity contribution in [2.75, 3.05) is 0 Å². The minimum atomic E-state index is -3.72. The summed E-state index contributed by atoms with van der Waals surface area (Å²) in [5.74, 6) is -2.81. The number of halogens is 2. The molecule has 2 N–H and O–H groups in total.